The highest BCUT2D eigenvalue weighted by atomic mass is 35.5. The van der Waals surface area contributed by atoms with E-state index >= 15 is 0 Å². The fourth-order valence-corrected chi connectivity index (χ4v) is 1.41. The number of urea groups is 1. The number of anilines is 1. The molecule has 0 aliphatic carbocycles. The number of hydrogen-bond acceptors (Lipinski definition) is 3. The van der Waals surface area contributed by atoms with Gasteiger partial charge in [0, 0.05) is 18.3 Å². The minimum absolute atomic E-state index is 0.0591. The summed E-state index contributed by atoms with van der Waals surface area (Å²) < 4.78 is 0. The standard InChI is InChI=1S/C13H16ClN3O3/c1-13(2,3)6-7-15-12(18)16-11-8-9(17(19)20)4-5-10(11)14/h4-8H,1-3H3,(H2,15,16,18)/b7-6+. The van der Waals surface area contributed by atoms with Gasteiger partial charge in [0.2, 0.25) is 0 Å². The van der Waals surface area contributed by atoms with Crippen molar-refractivity contribution in [2.75, 3.05) is 5.32 Å². The molecule has 2 N–H and O–H groups in total. The van der Waals surface area contributed by atoms with Gasteiger partial charge < -0.3 is 10.6 Å². The summed E-state index contributed by atoms with van der Waals surface area (Å²) in [6.07, 6.45) is 3.34. The number of allylic oxidation sites excluding steroid dienone is 1. The molecule has 0 aromatic heterocycles. The molecule has 7 heteroatoms. The van der Waals surface area contributed by atoms with Gasteiger partial charge in [-0.3, -0.25) is 10.1 Å². The number of rotatable bonds is 3. The maximum atomic E-state index is 11.6. The van der Waals surface area contributed by atoms with Crippen LogP contribution in [0.25, 0.3) is 0 Å². The Balaban J connectivity index is 2.73. The molecule has 0 aliphatic heterocycles. The minimum atomic E-state index is -0.557. The zero-order valence-corrected chi connectivity index (χ0v) is 12.2. The van der Waals surface area contributed by atoms with Gasteiger partial charge >= 0.3 is 6.03 Å². The SMILES string of the molecule is CC(C)(C)/C=C/NC(=O)Nc1cc([N+](=O)[O-])ccc1Cl. The van der Waals surface area contributed by atoms with Crippen LogP contribution in [0.1, 0.15) is 20.8 Å². The van der Waals surface area contributed by atoms with Gasteiger partial charge in [0.15, 0.2) is 0 Å². The van der Waals surface area contributed by atoms with Gasteiger partial charge in [-0.05, 0) is 11.5 Å². The molecule has 6 nitrogen and oxygen atoms in total. The van der Waals surface area contributed by atoms with E-state index in [2.05, 4.69) is 10.6 Å². The third-order valence-electron chi connectivity index (χ3n) is 2.21. The summed E-state index contributed by atoms with van der Waals surface area (Å²) in [6, 6.07) is 3.31. The van der Waals surface area contributed by atoms with E-state index in [1.54, 1.807) is 0 Å². The Hall–Kier alpha value is -2.08. The van der Waals surface area contributed by atoms with Gasteiger partial charge in [-0.15, -0.1) is 0 Å². The highest BCUT2D eigenvalue weighted by molar-refractivity contribution is 6.33. The number of benzene rings is 1. The molecular weight excluding hydrogens is 282 g/mol. The molecule has 0 aliphatic rings. The lowest BCUT2D eigenvalue weighted by Gasteiger charge is -2.11. The lowest BCUT2D eigenvalue weighted by Crippen LogP contribution is -2.24. The highest BCUT2D eigenvalue weighted by Crippen LogP contribution is 2.26. The van der Waals surface area contributed by atoms with Crippen LogP contribution >= 0.6 is 11.6 Å². The van der Waals surface area contributed by atoms with Crippen LogP contribution in [0.15, 0.2) is 30.5 Å². The average molecular weight is 298 g/mol. The van der Waals surface area contributed by atoms with Crippen LogP contribution in [0.4, 0.5) is 16.2 Å². The summed E-state index contributed by atoms with van der Waals surface area (Å²) in [5, 5.41) is 15.8. The quantitative estimate of drug-likeness (QED) is 0.655. The van der Waals surface area contributed by atoms with E-state index in [0.29, 0.717) is 0 Å². The third-order valence-corrected chi connectivity index (χ3v) is 2.54. The van der Waals surface area contributed by atoms with E-state index in [9.17, 15) is 14.9 Å². The maximum absolute atomic E-state index is 11.6. The van der Waals surface area contributed by atoms with Gasteiger partial charge in [0.05, 0.1) is 15.6 Å². The number of nitrogens with one attached hydrogen (secondary N) is 2. The highest BCUT2D eigenvalue weighted by Gasteiger charge is 2.11. The molecule has 2 amide bonds. The van der Waals surface area contributed by atoms with Crippen molar-refractivity contribution in [2.24, 2.45) is 5.41 Å². The lowest BCUT2D eigenvalue weighted by atomic mass is 9.97. The number of carbonyl (C=O) groups excluding carboxylic acids is 1. The summed E-state index contributed by atoms with van der Waals surface area (Å²) >= 11 is 5.87. The molecule has 20 heavy (non-hydrogen) atoms. The molecule has 1 aromatic carbocycles. The topological polar surface area (TPSA) is 84.3 Å². The number of nitrogens with zero attached hydrogens (tertiary/aromatic N) is 1. The van der Waals surface area contributed by atoms with E-state index in [-0.39, 0.29) is 21.8 Å². The molecule has 0 heterocycles. The third kappa shape index (κ3) is 5.27. The first-order chi connectivity index (χ1) is 9.19. The van der Waals surface area contributed by atoms with E-state index < -0.39 is 11.0 Å². The number of carbonyl (C=O) groups is 1. The van der Waals surface area contributed by atoms with E-state index in [1.807, 2.05) is 26.8 Å². The lowest BCUT2D eigenvalue weighted by molar-refractivity contribution is -0.384. The summed E-state index contributed by atoms with van der Waals surface area (Å²) in [7, 11) is 0. The molecule has 108 valence electrons. The number of nitro groups is 1. The maximum Gasteiger partial charge on any atom is 0.323 e. The minimum Gasteiger partial charge on any atom is -0.315 e. The molecule has 0 fully saturated rings. The van der Waals surface area contributed by atoms with Crippen molar-refractivity contribution >= 4 is 29.0 Å². The molecule has 0 atom stereocenters. The van der Waals surface area contributed by atoms with Gasteiger partial charge in [-0.2, -0.15) is 0 Å². The number of hydrogen-bond donors (Lipinski definition) is 2. The fraction of sp³-hybridized carbons (Fsp3) is 0.308. The van der Waals surface area contributed by atoms with Crippen LogP contribution in [0.5, 0.6) is 0 Å². The van der Waals surface area contributed by atoms with Crippen LogP contribution in [0, 0.1) is 15.5 Å². The Labute approximate surface area is 122 Å². The molecule has 0 saturated carbocycles. The van der Waals surface area contributed by atoms with Gasteiger partial charge in [-0.1, -0.05) is 38.4 Å². The molecular formula is C13H16ClN3O3. The summed E-state index contributed by atoms with van der Waals surface area (Å²) in [5.41, 5.74) is -0.0198. The Morgan fingerprint density at radius 2 is 2.05 bits per heavy atom. The molecule has 0 saturated heterocycles. The zero-order chi connectivity index (χ0) is 15.3. The summed E-state index contributed by atoms with van der Waals surface area (Å²) in [6.45, 7) is 5.96. The van der Waals surface area contributed by atoms with E-state index in [4.69, 9.17) is 11.6 Å². The Kier molecular flexibility index (Phi) is 5.10. The Morgan fingerprint density at radius 1 is 1.40 bits per heavy atom. The molecule has 0 bridgehead atoms. The number of amides is 2. The van der Waals surface area contributed by atoms with E-state index in [1.165, 1.54) is 24.4 Å². The first-order valence-corrected chi connectivity index (χ1v) is 6.26. The van der Waals surface area contributed by atoms with Crippen molar-refractivity contribution < 1.29 is 9.72 Å². The summed E-state index contributed by atoms with van der Waals surface area (Å²) in [5.74, 6) is 0. The van der Waals surface area contributed by atoms with Crippen molar-refractivity contribution in [1.82, 2.24) is 5.32 Å². The van der Waals surface area contributed by atoms with Crippen LogP contribution in [0.2, 0.25) is 5.02 Å². The van der Waals surface area contributed by atoms with Crippen LogP contribution in [0.3, 0.4) is 0 Å². The predicted molar refractivity (Wildman–Crippen MR) is 78.9 cm³/mol. The normalized spacial score (nSPS) is 11.4. The smallest absolute Gasteiger partial charge is 0.315 e. The van der Waals surface area contributed by atoms with Gasteiger partial charge in [-0.25, -0.2) is 4.79 Å². The second-order valence-electron chi connectivity index (χ2n) is 5.22. The molecule has 1 aromatic rings. The number of halogens is 1. The van der Waals surface area contributed by atoms with Crippen molar-refractivity contribution in [1.29, 1.82) is 0 Å². The Bertz CT molecular complexity index is 550. The molecule has 0 spiro atoms. The second-order valence-corrected chi connectivity index (χ2v) is 5.63. The average Bonchev–Trinajstić information content (AvgIpc) is 2.30. The predicted octanol–water partition coefficient (Wildman–Crippen LogP) is 3.93. The first-order valence-electron chi connectivity index (χ1n) is 5.88. The Morgan fingerprint density at radius 3 is 2.60 bits per heavy atom. The zero-order valence-electron chi connectivity index (χ0n) is 11.4. The first kappa shape index (κ1) is 16.0. The monoisotopic (exact) mass is 297 g/mol. The second kappa shape index (κ2) is 6.38. The van der Waals surface area contributed by atoms with Gasteiger partial charge in [0.25, 0.3) is 5.69 Å². The fourth-order valence-electron chi connectivity index (χ4n) is 1.25. The van der Waals surface area contributed by atoms with Crippen molar-refractivity contribution in [2.45, 2.75) is 20.8 Å². The van der Waals surface area contributed by atoms with Crippen molar-refractivity contribution in [3.8, 4) is 0 Å². The van der Waals surface area contributed by atoms with E-state index in [0.717, 1.165) is 0 Å². The number of non-ortho nitro benzene ring substituents is 1. The van der Waals surface area contributed by atoms with Crippen molar-refractivity contribution in [3.05, 3.63) is 45.6 Å². The van der Waals surface area contributed by atoms with Gasteiger partial charge in [0.1, 0.15) is 0 Å². The largest absolute Gasteiger partial charge is 0.323 e. The summed E-state index contributed by atoms with van der Waals surface area (Å²) in [4.78, 5) is 21.7. The van der Waals surface area contributed by atoms with Crippen molar-refractivity contribution in [3.63, 3.8) is 0 Å². The molecule has 0 radical (unpaired) electrons. The molecule has 1 rings (SSSR count). The number of nitro benzene ring substituents is 1. The molecule has 0 unspecified atom stereocenters. The van der Waals surface area contributed by atoms with Crippen LogP contribution in [-0.2, 0) is 0 Å². The van der Waals surface area contributed by atoms with Crippen LogP contribution < -0.4 is 10.6 Å². The van der Waals surface area contributed by atoms with Crippen LogP contribution in [-0.4, -0.2) is 11.0 Å².